The van der Waals surface area contributed by atoms with Gasteiger partial charge in [-0.15, -0.1) is 0 Å². The molecule has 0 fully saturated rings. The van der Waals surface area contributed by atoms with Gasteiger partial charge in [0.2, 0.25) is 0 Å². The Morgan fingerprint density at radius 3 is 2.71 bits per heavy atom. The molecule has 160 valence electrons. The van der Waals surface area contributed by atoms with Crippen molar-refractivity contribution in [1.29, 1.82) is 0 Å². The van der Waals surface area contributed by atoms with Crippen LogP contribution >= 0.6 is 11.3 Å². The minimum absolute atomic E-state index is 0.174. The first-order valence-corrected chi connectivity index (χ1v) is 11.3. The average molecular weight is 437 g/mol. The summed E-state index contributed by atoms with van der Waals surface area (Å²) in [5, 5.41) is 8.77. The molecule has 4 rings (SSSR count). The molecule has 0 aliphatic heterocycles. The van der Waals surface area contributed by atoms with E-state index in [4.69, 9.17) is 4.74 Å². The number of carbonyl (C=O) groups excluding carboxylic acids is 1. The molecule has 0 aliphatic carbocycles. The Morgan fingerprint density at radius 1 is 1.13 bits per heavy atom. The summed E-state index contributed by atoms with van der Waals surface area (Å²) < 4.78 is 7.86. The highest BCUT2D eigenvalue weighted by Crippen LogP contribution is 2.29. The zero-order chi connectivity index (χ0) is 21.8. The van der Waals surface area contributed by atoms with Gasteiger partial charge in [0.1, 0.15) is 5.75 Å². The van der Waals surface area contributed by atoms with Gasteiger partial charge in [-0.3, -0.25) is 14.9 Å². The quantitative estimate of drug-likeness (QED) is 0.399. The number of rotatable bonds is 8. The largest absolute Gasteiger partial charge is 0.494 e. The summed E-state index contributed by atoms with van der Waals surface area (Å²) in [6, 6.07) is 12.7. The Hall–Kier alpha value is -3.26. The van der Waals surface area contributed by atoms with E-state index in [1.54, 1.807) is 24.3 Å². The first-order valence-electron chi connectivity index (χ1n) is 10.4. The maximum absolute atomic E-state index is 13.1. The highest BCUT2D eigenvalue weighted by molar-refractivity contribution is 7.22. The lowest BCUT2D eigenvalue weighted by Crippen LogP contribution is -2.27. The fourth-order valence-electron chi connectivity index (χ4n) is 3.44. The standard InChI is InChI=1S/C23H24N4O3S/c1-3-5-8-13-27-22(29)17-10-7-6-9-16(17)20(26-27)21(28)25-23-24-18-12-11-15(30-4-2)14-19(18)31-23/h6-7,9-12,14H,3-5,8,13H2,1-2H3,(H,24,25,28). The second-order valence-corrected chi connectivity index (χ2v) is 8.20. The van der Waals surface area contributed by atoms with Crippen LogP contribution in [-0.4, -0.2) is 27.3 Å². The van der Waals surface area contributed by atoms with Crippen molar-refractivity contribution < 1.29 is 9.53 Å². The smallest absolute Gasteiger partial charge is 0.278 e. The Morgan fingerprint density at radius 2 is 1.94 bits per heavy atom. The van der Waals surface area contributed by atoms with Gasteiger partial charge in [-0.1, -0.05) is 49.3 Å². The number of ether oxygens (including phenoxy) is 1. The van der Waals surface area contributed by atoms with E-state index >= 15 is 0 Å². The number of amides is 1. The highest BCUT2D eigenvalue weighted by Gasteiger charge is 2.18. The molecule has 2 heterocycles. The van der Waals surface area contributed by atoms with Crippen molar-refractivity contribution >= 4 is 43.4 Å². The number of thiazole rings is 1. The summed E-state index contributed by atoms with van der Waals surface area (Å²) in [4.78, 5) is 30.4. The molecule has 31 heavy (non-hydrogen) atoms. The summed E-state index contributed by atoms with van der Waals surface area (Å²) in [6.07, 6.45) is 2.87. The van der Waals surface area contributed by atoms with Crippen LogP contribution in [0.3, 0.4) is 0 Å². The van der Waals surface area contributed by atoms with Gasteiger partial charge in [0.25, 0.3) is 11.5 Å². The number of anilines is 1. The SMILES string of the molecule is CCCCCn1nc(C(=O)Nc2nc3ccc(OCC)cc3s2)c2ccccc2c1=O. The molecule has 2 aromatic carbocycles. The van der Waals surface area contributed by atoms with E-state index in [0.29, 0.717) is 29.1 Å². The number of hydrogen-bond acceptors (Lipinski definition) is 6. The number of aryl methyl sites for hydroxylation is 1. The molecule has 0 unspecified atom stereocenters. The van der Waals surface area contributed by atoms with E-state index in [-0.39, 0.29) is 17.2 Å². The van der Waals surface area contributed by atoms with Crippen molar-refractivity contribution in [3.05, 3.63) is 58.5 Å². The maximum atomic E-state index is 13.1. The van der Waals surface area contributed by atoms with E-state index in [1.165, 1.54) is 16.0 Å². The van der Waals surface area contributed by atoms with Gasteiger partial charge in [-0.2, -0.15) is 5.10 Å². The lowest BCUT2D eigenvalue weighted by molar-refractivity contribution is 0.102. The van der Waals surface area contributed by atoms with E-state index in [2.05, 4.69) is 22.3 Å². The molecule has 0 saturated carbocycles. The highest BCUT2D eigenvalue weighted by atomic mass is 32.1. The van der Waals surface area contributed by atoms with E-state index < -0.39 is 0 Å². The van der Waals surface area contributed by atoms with Crippen LogP contribution in [-0.2, 0) is 6.54 Å². The summed E-state index contributed by atoms with van der Waals surface area (Å²) in [6.45, 7) is 5.10. The molecule has 7 nitrogen and oxygen atoms in total. The van der Waals surface area contributed by atoms with Crippen LogP contribution in [0, 0.1) is 0 Å². The monoisotopic (exact) mass is 436 g/mol. The maximum Gasteiger partial charge on any atom is 0.278 e. The van der Waals surface area contributed by atoms with Crippen LogP contribution < -0.4 is 15.6 Å². The third-order valence-electron chi connectivity index (χ3n) is 4.95. The van der Waals surface area contributed by atoms with Crippen LogP contribution in [0.2, 0.25) is 0 Å². The molecular weight excluding hydrogens is 412 g/mol. The van der Waals surface area contributed by atoms with Gasteiger partial charge in [-0.25, -0.2) is 9.67 Å². The Balaban J connectivity index is 1.67. The van der Waals surface area contributed by atoms with Crippen LogP contribution in [0.5, 0.6) is 5.75 Å². The predicted octanol–water partition coefficient (Wildman–Crippen LogP) is 4.85. The Labute approximate surface area is 183 Å². The number of fused-ring (bicyclic) bond motifs is 2. The third-order valence-corrected chi connectivity index (χ3v) is 5.88. The summed E-state index contributed by atoms with van der Waals surface area (Å²) in [7, 11) is 0. The van der Waals surface area contributed by atoms with Gasteiger partial charge >= 0.3 is 0 Å². The second-order valence-electron chi connectivity index (χ2n) is 7.17. The number of benzene rings is 2. The predicted molar refractivity (Wildman–Crippen MR) is 124 cm³/mol. The van der Waals surface area contributed by atoms with Crippen molar-refractivity contribution in [2.24, 2.45) is 0 Å². The average Bonchev–Trinajstić information content (AvgIpc) is 3.17. The number of nitrogens with zero attached hydrogens (tertiary/aromatic N) is 3. The molecule has 0 spiro atoms. The Bertz CT molecular complexity index is 1300. The molecule has 4 aromatic rings. The van der Waals surface area contributed by atoms with Gasteiger partial charge < -0.3 is 4.74 Å². The number of carbonyl (C=O) groups is 1. The number of nitrogens with one attached hydrogen (secondary N) is 1. The normalized spacial score (nSPS) is 11.2. The zero-order valence-corrected chi connectivity index (χ0v) is 18.4. The minimum Gasteiger partial charge on any atom is -0.494 e. The summed E-state index contributed by atoms with van der Waals surface area (Å²) in [5.41, 5.74) is 0.832. The number of aromatic nitrogens is 3. The van der Waals surface area contributed by atoms with Crippen molar-refractivity contribution in [1.82, 2.24) is 14.8 Å². The van der Waals surface area contributed by atoms with Crippen molar-refractivity contribution in [3.63, 3.8) is 0 Å². The molecule has 0 aliphatic rings. The summed E-state index contributed by atoms with van der Waals surface area (Å²) >= 11 is 1.37. The molecule has 8 heteroatoms. The Kier molecular flexibility index (Phi) is 6.27. The molecule has 1 amide bonds. The lowest BCUT2D eigenvalue weighted by atomic mass is 10.1. The first-order chi connectivity index (χ1) is 15.1. The van der Waals surface area contributed by atoms with E-state index in [0.717, 1.165) is 35.2 Å². The molecule has 0 saturated heterocycles. The molecular formula is C23H24N4O3S. The van der Waals surface area contributed by atoms with Crippen molar-refractivity contribution in [3.8, 4) is 5.75 Å². The molecule has 0 atom stereocenters. The van der Waals surface area contributed by atoms with E-state index in [9.17, 15) is 9.59 Å². The van der Waals surface area contributed by atoms with Crippen molar-refractivity contribution in [2.75, 3.05) is 11.9 Å². The topological polar surface area (TPSA) is 86.1 Å². The fraction of sp³-hybridized carbons (Fsp3) is 0.304. The van der Waals surface area contributed by atoms with Gasteiger partial charge in [-0.05, 0) is 37.6 Å². The molecule has 1 N–H and O–H groups in total. The van der Waals surface area contributed by atoms with Crippen LogP contribution in [0.15, 0.2) is 47.3 Å². The third kappa shape index (κ3) is 4.44. The number of hydrogen-bond donors (Lipinski definition) is 1. The number of unbranched alkanes of at least 4 members (excludes halogenated alkanes) is 2. The summed E-state index contributed by atoms with van der Waals surface area (Å²) in [5.74, 6) is 0.382. The molecule has 0 radical (unpaired) electrons. The molecule has 0 bridgehead atoms. The fourth-order valence-corrected chi connectivity index (χ4v) is 4.33. The van der Waals surface area contributed by atoms with Crippen molar-refractivity contribution in [2.45, 2.75) is 39.7 Å². The van der Waals surface area contributed by atoms with E-state index in [1.807, 2.05) is 25.1 Å². The second kappa shape index (κ2) is 9.26. The zero-order valence-electron chi connectivity index (χ0n) is 17.6. The van der Waals surface area contributed by atoms with Crippen LogP contribution in [0.4, 0.5) is 5.13 Å². The van der Waals surface area contributed by atoms with Crippen LogP contribution in [0.1, 0.15) is 43.6 Å². The lowest BCUT2D eigenvalue weighted by Gasteiger charge is -2.10. The van der Waals surface area contributed by atoms with Gasteiger partial charge in [0.05, 0.1) is 22.2 Å². The van der Waals surface area contributed by atoms with Gasteiger partial charge in [0.15, 0.2) is 10.8 Å². The van der Waals surface area contributed by atoms with Gasteiger partial charge in [0, 0.05) is 11.9 Å². The van der Waals surface area contributed by atoms with Crippen LogP contribution in [0.25, 0.3) is 21.0 Å². The first kappa shape index (κ1) is 21.0. The minimum atomic E-state index is -0.385. The molecule has 2 aromatic heterocycles.